The molecule has 1 atom stereocenters. The molecule has 0 spiro atoms. The molecule has 4 heteroatoms. The van der Waals surface area contributed by atoms with Gasteiger partial charge >= 0.3 is 0 Å². The van der Waals surface area contributed by atoms with Crippen molar-refractivity contribution in [2.45, 2.75) is 19.9 Å². The van der Waals surface area contributed by atoms with E-state index in [-0.39, 0.29) is 6.04 Å². The van der Waals surface area contributed by atoms with Crippen molar-refractivity contribution in [2.75, 3.05) is 13.7 Å². The van der Waals surface area contributed by atoms with E-state index < -0.39 is 0 Å². The number of nitrogens with zero attached hydrogens (tertiary/aromatic N) is 1. The van der Waals surface area contributed by atoms with Crippen LogP contribution in [-0.2, 0) is 0 Å². The first kappa shape index (κ1) is 15.0. The van der Waals surface area contributed by atoms with Gasteiger partial charge in [0.25, 0.3) is 0 Å². The van der Waals surface area contributed by atoms with Gasteiger partial charge in [-0.05, 0) is 64.3 Å². The van der Waals surface area contributed by atoms with Crippen LogP contribution in [0.15, 0.2) is 41.1 Å². The van der Waals surface area contributed by atoms with Crippen LogP contribution in [0, 0.1) is 6.92 Å². The van der Waals surface area contributed by atoms with Crippen LogP contribution < -0.4 is 10.1 Å². The number of pyridine rings is 1. The van der Waals surface area contributed by atoms with Crippen LogP contribution in [0.3, 0.4) is 0 Å². The van der Waals surface area contributed by atoms with Crippen molar-refractivity contribution >= 4 is 15.9 Å². The Morgan fingerprint density at radius 2 is 2.10 bits per heavy atom. The largest absolute Gasteiger partial charge is 0.497 e. The molecule has 0 fully saturated rings. The molecule has 1 heterocycles. The van der Waals surface area contributed by atoms with E-state index >= 15 is 0 Å². The maximum Gasteiger partial charge on any atom is 0.119 e. The number of hydrogen-bond acceptors (Lipinski definition) is 3. The zero-order chi connectivity index (χ0) is 14.5. The van der Waals surface area contributed by atoms with E-state index in [1.807, 2.05) is 12.3 Å². The van der Waals surface area contributed by atoms with Crippen molar-refractivity contribution in [1.82, 2.24) is 10.3 Å². The Hall–Kier alpha value is -1.39. The summed E-state index contributed by atoms with van der Waals surface area (Å²) in [4.78, 5) is 4.26. The molecule has 0 aliphatic rings. The molecule has 106 valence electrons. The molecule has 2 rings (SSSR count). The van der Waals surface area contributed by atoms with E-state index in [0.29, 0.717) is 0 Å². The maximum atomic E-state index is 5.27. The Morgan fingerprint density at radius 3 is 2.70 bits per heavy atom. The second-order valence-electron chi connectivity index (χ2n) is 4.65. The molecule has 20 heavy (non-hydrogen) atoms. The summed E-state index contributed by atoms with van der Waals surface area (Å²) in [5.74, 6) is 0.883. The number of hydrogen-bond donors (Lipinski definition) is 1. The predicted octanol–water partition coefficient (Wildman–Crippen LogP) is 3.86. The minimum absolute atomic E-state index is 0.135. The van der Waals surface area contributed by atoms with E-state index in [0.717, 1.165) is 22.3 Å². The Labute approximate surface area is 128 Å². The lowest BCUT2D eigenvalue weighted by atomic mass is 9.96. The normalized spacial score (nSPS) is 12.2. The summed E-state index contributed by atoms with van der Waals surface area (Å²) < 4.78 is 6.26. The van der Waals surface area contributed by atoms with Gasteiger partial charge in [0.2, 0.25) is 0 Å². The third kappa shape index (κ3) is 3.38. The molecular weight excluding hydrogens is 316 g/mol. The van der Waals surface area contributed by atoms with Crippen LogP contribution in [0.25, 0.3) is 0 Å². The first-order chi connectivity index (χ1) is 9.65. The molecule has 0 aliphatic carbocycles. The van der Waals surface area contributed by atoms with E-state index in [1.165, 1.54) is 11.1 Å². The van der Waals surface area contributed by atoms with Gasteiger partial charge in [-0.15, -0.1) is 0 Å². The molecule has 1 aromatic heterocycles. The highest BCUT2D eigenvalue weighted by Crippen LogP contribution is 2.28. The van der Waals surface area contributed by atoms with Gasteiger partial charge in [-0.2, -0.15) is 0 Å². The Balaban J connectivity index is 2.43. The number of halogens is 1. The number of nitrogens with one attached hydrogen (secondary N) is 1. The quantitative estimate of drug-likeness (QED) is 0.901. The molecule has 0 aliphatic heterocycles. The van der Waals surface area contributed by atoms with Gasteiger partial charge < -0.3 is 10.1 Å². The lowest BCUT2D eigenvalue weighted by Gasteiger charge is -2.21. The summed E-state index contributed by atoms with van der Waals surface area (Å²) in [6.45, 7) is 5.10. The number of methoxy groups -OCH3 is 1. The molecule has 0 bridgehead atoms. The van der Waals surface area contributed by atoms with Gasteiger partial charge in [-0.25, -0.2) is 0 Å². The minimum Gasteiger partial charge on any atom is -0.497 e. The average Bonchev–Trinajstić information content (AvgIpc) is 2.45. The molecule has 0 radical (unpaired) electrons. The number of rotatable bonds is 5. The van der Waals surface area contributed by atoms with E-state index in [9.17, 15) is 0 Å². The number of aromatic nitrogens is 1. The molecule has 1 N–H and O–H groups in total. The monoisotopic (exact) mass is 334 g/mol. The Morgan fingerprint density at radius 1 is 1.30 bits per heavy atom. The summed E-state index contributed by atoms with van der Waals surface area (Å²) in [6, 6.07) is 8.41. The van der Waals surface area contributed by atoms with E-state index in [4.69, 9.17) is 4.74 Å². The van der Waals surface area contributed by atoms with Crippen LogP contribution in [-0.4, -0.2) is 18.6 Å². The lowest BCUT2D eigenvalue weighted by Crippen LogP contribution is -2.23. The highest BCUT2D eigenvalue weighted by molar-refractivity contribution is 9.10. The summed E-state index contributed by atoms with van der Waals surface area (Å²) in [5.41, 5.74) is 3.59. The second kappa shape index (κ2) is 6.86. The highest BCUT2D eigenvalue weighted by Gasteiger charge is 2.16. The van der Waals surface area contributed by atoms with Gasteiger partial charge in [0.05, 0.1) is 13.2 Å². The molecule has 2 aromatic rings. The highest BCUT2D eigenvalue weighted by atomic mass is 79.9. The molecule has 0 saturated carbocycles. The zero-order valence-electron chi connectivity index (χ0n) is 12.0. The first-order valence-electron chi connectivity index (χ1n) is 6.64. The van der Waals surface area contributed by atoms with Gasteiger partial charge in [0.15, 0.2) is 0 Å². The van der Waals surface area contributed by atoms with Crippen molar-refractivity contribution in [2.24, 2.45) is 0 Å². The molecule has 3 nitrogen and oxygen atoms in total. The Kier molecular flexibility index (Phi) is 5.15. The lowest BCUT2D eigenvalue weighted by molar-refractivity contribution is 0.414. The first-order valence-corrected chi connectivity index (χ1v) is 7.43. The molecule has 0 saturated heterocycles. The van der Waals surface area contributed by atoms with Crippen LogP contribution in [0.5, 0.6) is 5.75 Å². The third-order valence-electron chi connectivity index (χ3n) is 3.26. The molecule has 1 unspecified atom stereocenters. The van der Waals surface area contributed by atoms with Gasteiger partial charge in [-0.3, -0.25) is 4.98 Å². The van der Waals surface area contributed by atoms with Crippen molar-refractivity contribution in [3.8, 4) is 5.75 Å². The van der Waals surface area contributed by atoms with Crippen LogP contribution in [0.4, 0.5) is 0 Å². The van der Waals surface area contributed by atoms with Crippen molar-refractivity contribution in [1.29, 1.82) is 0 Å². The summed E-state index contributed by atoms with van der Waals surface area (Å²) in [6.07, 6.45) is 3.70. The average molecular weight is 335 g/mol. The fourth-order valence-corrected chi connectivity index (χ4v) is 2.68. The summed E-state index contributed by atoms with van der Waals surface area (Å²) in [5, 5.41) is 3.52. The van der Waals surface area contributed by atoms with E-state index in [2.05, 4.69) is 58.3 Å². The standard InChI is InChI=1S/C16H19BrN2O/c1-4-19-16(12-8-13(17)10-18-9-12)15-6-5-14(20-3)7-11(15)2/h5-10,16,19H,4H2,1-3H3. The number of benzene rings is 1. The number of ether oxygens (including phenoxy) is 1. The summed E-state index contributed by atoms with van der Waals surface area (Å²) in [7, 11) is 1.69. The number of aryl methyl sites for hydroxylation is 1. The summed E-state index contributed by atoms with van der Waals surface area (Å²) >= 11 is 3.49. The molecule has 0 amide bonds. The fraction of sp³-hybridized carbons (Fsp3) is 0.312. The Bertz CT molecular complexity index is 586. The van der Waals surface area contributed by atoms with Crippen LogP contribution in [0.2, 0.25) is 0 Å². The fourth-order valence-electron chi connectivity index (χ4n) is 2.30. The molecule has 1 aromatic carbocycles. The van der Waals surface area contributed by atoms with Crippen LogP contribution in [0.1, 0.15) is 29.7 Å². The minimum atomic E-state index is 0.135. The third-order valence-corrected chi connectivity index (χ3v) is 3.69. The van der Waals surface area contributed by atoms with E-state index in [1.54, 1.807) is 13.3 Å². The second-order valence-corrected chi connectivity index (χ2v) is 5.57. The molecular formula is C16H19BrN2O. The smallest absolute Gasteiger partial charge is 0.119 e. The maximum absolute atomic E-state index is 5.27. The SMILES string of the molecule is CCNC(c1cncc(Br)c1)c1ccc(OC)cc1C. The predicted molar refractivity (Wildman–Crippen MR) is 85.2 cm³/mol. The van der Waals surface area contributed by atoms with Crippen molar-refractivity contribution in [3.63, 3.8) is 0 Å². The van der Waals surface area contributed by atoms with Crippen molar-refractivity contribution in [3.05, 3.63) is 57.8 Å². The van der Waals surface area contributed by atoms with Crippen molar-refractivity contribution < 1.29 is 4.74 Å². The zero-order valence-corrected chi connectivity index (χ0v) is 13.6. The van der Waals surface area contributed by atoms with Gasteiger partial charge in [-0.1, -0.05) is 13.0 Å². The van der Waals surface area contributed by atoms with Crippen LogP contribution >= 0.6 is 15.9 Å². The topological polar surface area (TPSA) is 34.2 Å². The van der Waals surface area contributed by atoms with Gasteiger partial charge in [0.1, 0.15) is 5.75 Å². The van der Waals surface area contributed by atoms with Gasteiger partial charge in [0, 0.05) is 16.9 Å².